The fourth-order valence-electron chi connectivity index (χ4n) is 3.70. The van der Waals surface area contributed by atoms with E-state index in [0.29, 0.717) is 31.0 Å². The minimum atomic E-state index is -0.695. The topological polar surface area (TPSA) is 84.9 Å². The van der Waals surface area contributed by atoms with Crippen molar-refractivity contribution in [3.05, 3.63) is 48.2 Å². The summed E-state index contributed by atoms with van der Waals surface area (Å²) in [5, 5.41) is 16.2. The van der Waals surface area contributed by atoms with Gasteiger partial charge in [0.15, 0.2) is 0 Å². The zero-order chi connectivity index (χ0) is 27.1. The number of nitrogens with zero attached hydrogens (tertiary/aromatic N) is 2. The smallest absolute Gasteiger partial charge is 0.243 e. The Morgan fingerprint density at radius 1 is 1.11 bits per heavy atom. The van der Waals surface area contributed by atoms with Crippen LogP contribution in [0.5, 0.6) is 0 Å². The number of amides is 2. The Morgan fingerprint density at radius 3 is 2.36 bits per heavy atom. The SMILES string of the molecule is C#CCC(NC(=C)[C@@H](CC(=O)N(C)CCN(C)C)Cc1ccccc1)C(=O)NCC(O)CCC(C)C. The molecule has 0 radical (unpaired) electrons. The lowest BCUT2D eigenvalue weighted by atomic mass is 9.92. The van der Waals surface area contributed by atoms with Gasteiger partial charge in [-0.25, -0.2) is 0 Å². The van der Waals surface area contributed by atoms with E-state index in [0.717, 1.165) is 18.5 Å². The van der Waals surface area contributed by atoms with Gasteiger partial charge >= 0.3 is 0 Å². The number of hydrogen-bond donors (Lipinski definition) is 3. The number of carbonyl (C=O) groups excluding carboxylic acids is 2. The van der Waals surface area contributed by atoms with Gasteiger partial charge in [0.25, 0.3) is 0 Å². The van der Waals surface area contributed by atoms with Crippen molar-refractivity contribution in [3.8, 4) is 12.3 Å². The normalized spacial score (nSPS) is 13.5. The van der Waals surface area contributed by atoms with Crippen molar-refractivity contribution in [1.29, 1.82) is 0 Å². The van der Waals surface area contributed by atoms with Gasteiger partial charge in [-0.05, 0) is 44.8 Å². The number of carbonyl (C=O) groups is 2. The van der Waals surface area contributed by atoms with Crippen LogP contribution in [0.3, 0.4) is 0 Å². The van der Waals surface area contributed by atoms with Crippen LogP contribution in [0, 0.1) is 24.2 Å². The van der Waals surface area contributed by atoms with Crippen LogP contribution < -0.4 is 10.6 Å². The number of aliphatic hydroxyl groups excluding tert-OH is 1. The first-order chi connectivity index (χ1) is 17.0. The molecule has 0 saturated heterocycles. The summed E-state index contributed by atoms with van der Waals surface area (Å²) < 4.78 is 0. The number of allylic oxidation sites excluding steroid dienone is 1. The summed E-state index contributed by atoms with van der Waals surface area (Å²) in [6.45, 7) is 9.97. The van der Waals surface area contributed by atoms with Crippen molar-refractivity contribution < 1.29 is 14.7 Å². The van der Waals surface area contributed by atoms with Gasteiger partial charge in [-0.2, -0.15) is 0 Å². The van der Waals surface area contributed by atoms with E-state index in [4.69, 9.17) is 6.42 Å². The highest BCUT2D eigenvalue weighted by atomic mass is 16.3. The van der Waals surface area contributed by atoms with Crippen molar-refractivity contribution >= 4 is 11.8 Å². The van der Waals surface area contributed by atoms with Crippen LogP contribution in [0.25, 0.3) is 0 Å². The van der Waals surface area contributed by atoms with E-state index < -0.39 is 12.1 Å². The first-order valence-corrected chi connectivity index (χ1v) is 12.8. The first-order valence-electron chi connectivity index (χ1n) is 12.8. The lowest BCUT2D eigenvalue weighted by molar-refractivity contribution is -0.130. The zero-order valence-corrected chi connectivity index (χ0v) is 22.8. The quantitative estimate of drug-likeness (QED) is 0.288. The Bertz CT molecular complexity index is 848. The number of nitrogens with one attached hydrogen (secondary N) is 2. The zero-order valence-electron chi connectivity index (χ0n) is 22.8. The summed E-state index contributed by atoms with van der Waals surface area (Å²) in [4.78, 5) is 29.6. The predicted molar refractivity (Wildman–Crippen MR) is 147 cm³/mol. The first kappa shape index (κ1) is 31.2. The lowest BCUT2D eigenvalue weighted by Gasteiger charge is -2.27. The van der Waals surface area contributed by atoms with Crippen LogP contribution in [-0.2, 0) is 16.0 Å². The molecule has 0 aliphatic heterocycles. The number of likely N-dealkylation sites (N-methyl/N-ethyl adjacent to an activating group) is 2. The molecule has 7 heteroatoms. The van der Waals surface area contributed by atoms with Crippen LogP contribution >= 0.6 is 0 Å². The van der Waals surface area contributed by atoms with Crippen molar-refractivity contribution in [2.75, 3.05) is 40.8 Å². The van der Waals surface area contributed by atoms with Crippen molar-refractivity contribution in [1.82, 2.24) is 20.4 Å². The van der Waals surface area contributed by atoms with E-state index >= 15 is 0 Å². The third-order valence-corrected chi connectivity index (χ3v) is 6.13. The summed E-state index contributed by atoms with van der Waals surface area (Å²) in [6, 6.07) is 9.23. The third kappa shape index (κ3) is 12.8. The Hall–Kier alpha value is -2.82. The Balaban J connectivity index is 2.88. The number of benzene rings is 1. The lowest BCUT2D eigenvalue weighted by Crippen LogP contribution is -2.47. The molecule has 0 saturated carbocycles. The highest BCUT2D eigenvalue weighted by molar-refractivity contribution is 5.82. The van der Waals surface area contributed by atoms with E-state index in [2.05, 4.69) is 37.0 Å². The standard InChI is InChI=1S/C29H46N4O3/c1-8-12-27(29(36)30-21-26(34)16-15-22(2)3)31-23(4)25(19-24-13-10-9-11-14-24)20-28(35)33(7)18-17-32(5)6/h1,9-11,13-14,22,25-27,31,34H,4,12,15-21H2,2-3,5-7H3,(H,30,36)/t25-,26?,27?/m1/s1. The Labute approximate surface area is 218 Å². The Morgan fingerprint density at radius 2 is 1.78 bits per heavy atom. The molecule has 36 heavy (non-hydrogen) atoms. The molecular formula is C29H46N4O3. The number of aliphatic hydroxyl groups is 1. The van der Waals surface area contributed by atoms with Gasteiger partial charge in [0, 0.05) is 51.1 Å². The van der Waals surface area contributed by atoms with Gasteiger partial charge < -0.3 is 25.5 Å². The average Bonchev–Trinajstić information content (AvgIpc) is 2.84. The fourth-order valence-corrected chi connectivity index (χ4v) is 3.70. The van der Waals surface area contributed by atoms with Crippen LogP contribution in [0.4, 0.5) is 0 Å². The Kier molecular flexibility index (Phi) is 14.5. The molecule has 3 N–H and O–H groups in total. The van der Waals surface area contributed by atoms with Crippen LogP contribution in [0.15, 0.2) is 42.6 Å². The molecule has 0 aliphatic carbocycles. The second-order valence-corrected chi connectivity index (χ2v) is 10.2. The second kappa shape index (κ2) is 16.8. The molecule has 200 valence electrons. The molecule has 3 atom stereocenters. The highest BCUT2D eigenvalue weighted by Gasteiger charge is 2.25. The maximum atomic E-state index is 13.0. The van der Waals surface area contributed by atoms with Crippen LogP contribution in [0.1, 0.15) is 45.1 Å². The van der Waals surface area contributed by atoms with Gasteiger partial charge in [-0.1, -0.05) is 50.8 Å². The van der Waals surface area contributed by atoms with Gasteiger partial charge in [-0.3, -0.25) is 9.59 Å². The number of hydrogen-bond acceptors (Lipinski definition) is 5. The molecule has 7 nitrogen and oxygen atoms in total. The fraction of sp³-hybridized carbons (Fsp3) is 0.586. The van der Waals surface area contributed by atoms with E-state index in [1.54, 1.807) is 11.9 Å². The molecule has 0 aromatic heterocycles. The predicted octanol–water partition coefficient (Wildman–Crippen LogP) is 2.66. The summed E-state index contributed by atoms with van der Waals surface area (Å²) in [5.41, 5.74) is 1.68. The molecule has 1 rings (SSSR count). The van der Waals surface area contributed by atoms with Crippen LogP contribution in [-0.4, -0.2) is 79.6 Å². The minimum Gasteiger partial charge on any atom is -0.391 e. The molecular weight excluding hydrogens is 452 g/mol. The molecule has 1 aromatic carbocycles. The summed E-state index contributed by atoms with van der Waals surface area (Å²) in [6.07, 6.45) is 7.50. The molecule has 0 aliphatic rings. The third-order valence-electron chi connectivity index (χ3n) is 6.13. The summed E-state index contributed by atoms with van der Waals surface area (Å²) in [5.74, 6) is 2.55. The molecule has 0 spiro atoms. The van der Waals surface area contributed by atoms with Crippen molar-refractivity contribution in [2.24, 2.45) is 11.8 Å². The van der Waals surface area contributed by atoms with Gasteiger partial charge in [-0.15, -0.1) is 12.3 Å². The van der Waals surface area contributed by atoms with Gasteiger partial charge in [0.05, 0.1) is 6.10 Å². The monoisotopic (exact) mass is 498 g/mol. The van der Waals surface area contributed by atoms with Crippen LogP contribution in [0.2, 0.25) is 0 Å². The summed E-state index contributed by atoms with van der Waals surface area (Å²) >= 11 is 0. The molecule has 2 amide bonds. The molecule has 1 aromatic rings. The second-order valence-electron chi connectivity index (χ2n) is 10.2. The van der Waals surface area contributed by atoms with Crippen molar-refractivity contribution in [3.63, 3.8) is 0 Å². The largest absolute Gasteiger partial charge is 0.391 e. The number of rotatable bonds is 17. The average molecular weight is 499 g/mol. The number of terminal acetylenes is 1. The van der Waals surface area contributed by atoms with Crippen molar-refractivity contribution in [2.45, 2.75) is 58.1 Å². The summed E-state index contributed by atoms with van der Waals surface area (Å²) in [7, 11) is 5.76. The highest BCUT2D eigenvalue weighted by Crippen LogP contribution is 2.20. The van der Waals surface area contributed by atoms with Gasteiger partial charge in [0.1, 0.15) is 6.04 Å². The van der Waals surface area contributed by atoms with E-state index in [1.807, 2.05) is 49.3 Å². The molecule has 0 heterocycles. The van der Waals surface area contributed by atoms with Gasteiger partial charge in [0.2, 0.25) is 11.8 Å². The maximum absolute atomic E-state index is 13.0. The van der Waals surface area contributed by atoms with E-state index in [-0.39, 0.29) is 37.1 Å². The minimum absolute atomic E-state index is 0.0203. The molecule has 2 unspecified atom stereocenters. The molecule has 0 bridgehead atoms. The maximum Gasteiger partial charge on any atom is 0.243 e. The van der Waals surface area contributed by atoms with E-state index in [1.165, 1.54) is 0 Å². The van der Waals surface area contributed by atoms with E-state index in [9.17, 15) is 14.7 Å². The molecule has 0 fully saturated rings.